The Morgan fingerprint density at radius 3 is 2.68 bits per heavy atom. The van der Waals surface area contributed by atoms with Crippen molar-refractivity contribution in [1.82, 2.24) is 9.55 Å². The van der Waals surface area contributed by atoms with Gasteiger partial charge in [0.15, 0.2) is 10.5 Å². The van der Waals surface area contributed by atoms with E-state index in [2.05, 4.69) is 4.98 Å². The van der Waals surface area contributed by atoms with E-state index in [-0.39, 0.29) is 28.1 Å². The fourth-order valence-corrected chi connectivity index (χ4v) is 3.21. The predicted octanol–water partition coefficient (Wildman–Crippen LogP) is 3.46. The maximum Gasteiger partial charge on any atom is 0.269 e. The summed E-state index contributed by atoms with van der Waals surface area (Å²) in [6.07, 6.45) is 1.82. The van der Waals surface area contributed by atoms with Crippen LogP contribution in [0.25, 0.3) is 22.1 Å². The highest BCUT2D eigenvalue weighted by molar-refractivity contribution is 7.98. The zero-order chi connectivity index (χ0) is 16.0. The third kappa shape index (κ3) is 2.23. The van der Waals surface area contributed by atoms with Gasteiger partial charge in [0.05, 0.1) is 5.39 Å². The molecule has 0 atom stereocenters. The van der Waals surface area contributed by atoms with E-state index in [4.69, 9.17) is 16.0 Å². The van der Waals surface area contributed by atoms with Crippen LogP contribution in [0.2, 0.25) is 5.02 Å². The Morgan fingerprint density at radius 1 is 1.32 bits per heavy atom. The van der Waals surface area contributed by atoms with Crippen LogP contribution >= 0.6 is 23.4 Å². The molecule has 0 amide bonds. The summed E-state index contributed by atoms with van der Waals surface area (Å²) in [4.78, 5) is 29.7. The van der Waals surface area contributed by atoms with Crippen molar-refractivity contribution in [1.29, 1.82) is 0 Å². The average molecular weight is 337 g/mol. The lowest BCUT2D eigenvalue weighted by molar-refractivity contribution is 0.509. The molecule has 1 aromatic carbocycles. The molecule has 0 saturated heterocycles. The highest BCUT2D eigenvalue weighted by Crippen LogP contribution is 2.22. The number of fused-ring (bicyclic) bond motifs is 2. The highest BCUT2D eigenvalue weighted by atomic mass is 35.5. The van der Waals surface area contributed by atoms with Gasteiger partial charge < -0.3 is 4.42 Å². The van der Waals surface area contributed by atoms with Crippen molar-refractivity contribution < 1.29 is 4.42 Å². The van der Waals surface area contributed by atoms with Crippen molar-refractivity contribution >= 4 is 45.4 Å². The Morgan fingerprint density at radius 2 is 2.05 bits per heavy atom. The zero-order valence-electron chi connectivity index (χ0n) is 12.2. The number of rotatable bonds is 2. The summed E-state index contributed by atoms with van der Waals surface area (Å²) in [6, 6.07) is 4.63. The summed E-state index contributed by atoms with van der Waals surface area (Å²) in [5, 5.41) is 1.17. The van der Waals surface area contributed by atoms with Gasteiger partial charge in [-0.05, 0) is 38.3 Å². The molecule has 0 saturated carbocycles. The molecule has 5 nitrogen and oxygen atoms in total. The average Bonchev–Trinajstić information content (AvgIpc) is 2.47. The number of nitrogens with zero attached hydrogens (tertiary/aromatic N) is 2. The van der Waals surface area contributed by atoms with E-state index in [1.54, 1.807) is 12.1 Å². The summed E-state index contributed by atoms with van der Waals surface area (Å²) >= 11 is 7.26. The van der Waals surface area contributed by atoms with Gasteiger partial charge in [0, 0.05) is 11.1 Å². The second kappa shape index (κ2) is 5.44. The van der Waals surface area contributed by atoms with Gasteiger partial charge in [-0.3, -0.25) is 14.2 Å². The smallest absolute Gasteiger partial charge is 0.269 e. The van der Waals surface area contributed by atoms with E-state index in [1.165, 1.54) is 22.4 Å². The lowest BCUT2D eigenvalue weighted by Crippen LogP contribution is -2.28. The second-order valence-electron chi connectivity index (χ2n) is 5.12. The number of thioether (sulfide) groups is 1. The molecule has 3 aromatic rings. The maximum atomic E-state index is 12.7. The van der Waals surface area contributed by atoms with Crippen LogP contribution in [0, 0.1) is 0 Å². The zero-order valence-corrected chi connectivity index (χ0v) is 13.8. The van der Waals surface area contributed by atoms with Gasteiger partial charge in [0.1, 0.15) is 5.58 Å². The summed E-state index contributed by atoms with van der Waals surface area (Å²) < 4.78 is 7.14. The third-order valence-electron chi connectivity index (χ3n) is 3.37. The molecule has 2 heterocycles. The number of halogens is 1. The molecule has 114 valence electrons. The maximum absolute atomic E-state index is 12.7. The van der Waals surface area contributed by atoms with Crippen molar-refractivity contribution in [3.05, 3.63) is 43.8 Å². The molecular weight excluding hydrogens is 324 g/mol. The molecule has 0 aliphatic carbocycles. The minimum atomic E-state index is -0.404. The van der Waals surface area contributed by atoms with Crippen molar-refractivity contribution in [3.8, 4) is 0 Å². The van der Waals surface area contributed by atoms with Gasteiger partial charge in [-0.1, -0.05) is 23.4 Å². The summed E-state index contributed by atoms with van der Waals surface area (Å²) in [5.74, 6) is 0. The molecule has 0 bridgehead atoms. The molecule has 0 aliphatic rings. The van der Waals surface area contributed by atoms with E-state index in [1.807, 2.05) is 20.1 Å². The largest absolute Gasteiger partial charge is 0.437 e. The summed E-state index contributed by atoms with van der Waals surface area (Å²) in [7, 11) is 0. The molecule has 2 aromatic heterocycles. The molecule has 7 heteroatoms. The van der Waals surface area contributed by atoms with Crippen molar-refractivity contribution in [2.75, 3.05) is 6.26 Å². The standard InChI is InChI=1S/C15H13ClN2O3S/c1-7(2)18-14(20)11-12(19)9-6-8(16)4-5-10(9)21-13(11)17-15(18)22-3/h4-7H,1-3H3. The van der Waals surface area contributed by atoms with Crippen LogP contribution < -0.4 is 11.0 Å². The Bertz CT molecular complexity index is 1010. The van der Waals surface area contributed by atoms with Gasteiger partial charge in [-0.2, -0.15) is 4.98 Å². The van der Waals surface area contributed by atoms with Crippen LogP contribution in [0.15, 0.2) is 37.4 Å². The fraction of sp³-hybridized carbons (Fsp3) is 0.267. The van der Waals surface area contributed by atoms with Crippen LogP contribution in [0.4, 0.5) is 0 Å². The second-order valence-corrected chi connectivity index (χ2v) is 6.33. The van der Waals surface area contributed by atoms with E-state index in [9.17, 15) is 9.59 Å². The quantitative estimate of drug-likeness (QED) is 0.407. The number of hydrogen-bond acceptors (Lipinski definition) is 5. The van der Waals surface area contributed by atoms with Crippen LogP contribution in [-0.2, 0) is 0 Å². The lowest BCUT2D eigenvalue weighted by Gasteiger charge is -2.14. The van der Waals surface area contributed by atoms with E-state index < -0.39 is 5.43 Å². The molecule has 0 aliphatic heterocycles. The normalized spacial score (nSPS) is 11.7. The van der Waals surface area contributed by atoms with E-state index in [0.29, 0.717) is 15.8 Å². The monoisotopic (exact) mass is 336 g/mol. The van der Waals surface area contributed by atoms with Crippen LogP contribution in [0.5, 0.6) is 0 Å². The summed E-state index contributed by atoms with van der Waals surface area (Å²) in [6.45, 7) is 3.74. The van der Waals surface area contributed by atoms with E-state index >= 15 is 0 Å². The molecule has 0 spiro atoms. The minimum Gasteiger partial charge on any atom is -0.437 e. The molecular formula is C15H13ClN2O3S. The molecule has 3 rings (SSSR count). The van der Waals surface area contributed by atoms with Crippen molar-refractivity contribution in [3.63, 3.8) is 0 Å². The van der Waals surface area contributed by atoms with Gasteiger partial charge in [-0.25, -0.2) is 0 Å². The van der Waals surface area contributed by atoms with Gasteiger partial charge in [0.2, 0.25) is 11.1 Å². The number of hydrogen-bond donors (Lipinski definition) is 0. The fourth-order valence-electron chi connectivity index (χ4n) is 2.37. The number of benzene rings is 1. The first kappa shape index (κ1) is 15.1. The van der Waals surface area contributed by atoms with E-state index in [0.717, 1.165) is 0 Å². The number of aromatic nitrogens is 2. The lowest BCUT2D eigenvalue weighted by atomic mass is 10.2. The Labute approximate surface area is 134 Å². The first-order chi connectivity index (χ1) is 10.4. The van der Waals surface area contributed by atoms with Gasteiger partial charge >= 0.3 is 0 Å². The first-order valence-corrected chi connectivity index (χ1v) is 8.27. The Kier molecular flexibility index (Phi) is 3.74. The first-order valence-electron chi connectivity index (χ1n) is 6.66. The van der Waals surface area contributed by atoms with Gasteiger partial charge in [0.25, 0.3) is 5.56 Å². The molecule has 0 fully saturated rings. The molecule has 0 unspecified atom stereocenters. The minimum absolute atomic E-state index is 0.0405. The Hall–Kier alpha value is -1.79. The third-order valence-corrected chi connectivity index (χ3v) is 4.26. The van der Waals surface area contributed by atoms with Crippen molar-refractivity contribution in [2.24, 2.45) is 0 Å². The molecule has 0 radical (unpaired) electrons. The van der Waals surface area contributed by atoms with Crippen LogP contribution in [0.1, 0.15) is 19.9 Å². The van der Waals surface area contributed by atoms with Crippen LogP contribution in [-0.4, -0.2) is 15.8 Å². The topological polar surface area (TPSA) is 65.1 Å². The van der Waals surface area contributed by atoms with Crippen molar-refractivity contribution in [2.45, 2.75) is 25.0 Å². The van der Waals surface area contributed by atoms with Crippen LogP contribution in [0.3, 0.4) is 0 Å². The SMILES string of the molecule is CSc1nc2oc3ccc(Cl)cc3c(=O)c2c(=O)n1C(C)C. The highest BCUT2D eigenvalue weighted by Gasteiger charge is 2.18. The summed E-state index contributed by atoms with van der Waals surface area (Å²) in [5.41, 5.74) is -0.368. The predicted molar refractivity (Wildman–Crippen MR) is 89.2 cm³/mol. The Balaban J connectivity index is 2.57. The van der Waals surface area contributed by atoms with Gasteiger partial charge in [-0.15, -0.1) is 0 Å². The molecule has 0 N–H and O–H groups in total. The molecule has 22 heavy (non-hydrogen) atoms.